The van der Waals surface area contributed by atoms with Gasteiger partial charge in [0, 0.05) is 11.0 Å². The summed E-state index contributed by atoms with van der Waals surface area (Å²) in [5.74, 6) is -0.564. The van der Waals surface area contributed by atoms with Crippen molar-refractivity contribution in [3.05, 3.63) is 35.0 Å². The van der Waals surface area contributed by atoms with E-state index in [-0.39, 0.29) is 16.9 Å². The topological polar surface area (TPSA) is 54.4 Å². The zero-order valence-electron chi connectivity index (χ0n) is 8.64. The molecule has 0 saturated carbocycles. The Bertz CT molecular complexity index is 559. The molecule has 16 heavy (non-hydrogen) atoms. The van der Waals surface area contributed by atoms with E-state index in [1.807, 2.05) is 0 Å². The molecule has 0 bridgehead atoms. The number of rotatable bonds is 2. The van der Waals surface area contributed by atoms with Crippen molar-refractivity contribution in [2.45, 2.75) is 24.3 Å². The van der Waals surface area contributed by atoms with Gasteiger partial charge in [-0.05, 0) is 31.1 Å². The minimum absolute atomic E-state index is 0.0110. The second-order valence-electron chi connectivity index (χ2n) is 3.85. The van der Waals surface area contributed by atoms with Gasteiger partial charge in [-0.3, -0.25) is 0 Å². The predicted octanol–water partition coefficient (Wildman–Crippen LogP) is 1.72. The van der Waals surface area contributed by atoms with Crippen LogP contribution in [-0.2, 0) is 9.84 Å². The van der Waals surface area contributed by atoms with Crippen LogP contribution in [0.2, 0.25) is 0 Å². The first kappa shape index (κ1) is 11.3. The highest BCUT2D eigenvalue weighted by Crippen LogP contribution is 2.37. The summed E-state index contributed by atoms with van der Waals surface area (Å²) < 4.78 is 36.9. The fraction of sp³-hybridized carbons (Fsp3) is 0.273. The molecule has 1 heterocycles. The van der Waals surface area contributed by atoms with Crippen molar-refractivity contribution in [1.29, 1.82) is 0 Å². The Morgan fingerprint density at radius 2 is 2.12 bits per heavy atom. The van der Waals surface area contributed by atoms with Gasteiger partial charge in [-0.1, -0.05) is 6.07 Å². The molecule has 5 heteroatoms. The van der Waals surface area contributed by atoms with Crippen molar-refractivity contribution in [2.75, 3.05) is 0 Å². The van der Waals surface area contributed by atoms with E-state index in [2.05, 4.69) is 0 Å². The maximum atomic E-state index is 13.5. The number of sulfone groups is 1. The number of hydrogen-bond acceptors (Lipinski definition) is 3. The highest BCUT2D eigenvalue weighted by molar-refractivity contribution is 7.95. The molecule has 0 radical (unpaired) electrons. The number of hydrogen-bond donors (Lipinski definition) is 1. The summed E-state index contributed by atoms with van der Waals surface area (Å²) in [4.78, 5) is -0.0110. The standard InChI is InChI=1S/C11H11FO3S/c1-7(13)5-8-6-16(14,15)10-4-2-3-9(12)11(8)10/h2-4,6-7,13H,5H2,1H3. The van der Waals surface area contributed by atoms with Crippen LogP contribution in [0, 0.1) is 5.82 Å². The average molecular weight is 242 g/mol. The third-order valence-electron chi connectivity index (χ3n) is 2.42. The maximum absolute atomic E-state index is 13.5. The summed E-state index contributed by atoms with van der Waals surface area (Å²) >= 11 is 0. The first-order valence-corrected chi connectivity index (χ1v) is 6.39. The van der Waals surface area contributed by atoms with E-state index in [4.69, 9.17) is 0 Å². The minimum atomic E-state index is -3.54. The lowest BCUT2D eigenvalue weighted by molar-refractivity contribution is 0.201. The molecule has 1 N–H and O–H groups in total. The highest BCUT2D eigenvalue weighted by atomic mass is 32.2. The van der Waals surface area contributed by atoms with Gasteiger partial charge < -0.3 is 5.11 Å². The maximum Gasteiger partial charge on any atom is 0.200 e. The molecule has 0 saturated heterocycles. The minimum Gasteiger partial charge on any atom is -0.393 e. The molecule has 1 aliphatic heterocycles. The molecule has 2 rings (SSSR count). The van der Waals surface area contributed by atoms with Crippen molar-refractivity contribution in [3.8, 4) is 0 Å². The number of halogens is 1. The van der Waals surface area contributed by atoms with Crippen LogP contribution in [0.25, 0.3) is 5.57 Å². The summed E-state index contributed by atoms with van der Waals surface area (Å²) in [6, 6.07) is 3.96. The normalized spacial score (nSPS) is 19.1. The van der Waals surface area contributed by atoms with Gasteiger partial charge in [-0.15, -0.1) is 0 Å². The second-order valence-corrected chi connectivity index (χ2v) is 5.62. The molecule has 1 aliphatic rings. The molecular weight excluding hydrogens is 231 g/mol. The van der Waals surface area contributed by atoms with Crippen molar-refractivity contribution in [2.24, 2.45) is 0 Å². The fourth-order valence-corrected chi connectivity index (χ4v) is 3.33. The summed E-state index contributed by atoms with van der Waals surface area (Å²) in [5, 5.41) is 10.3. The number of benzene rings is 1. The zero-order chi connectivity index (χ0) is 11.9. The molecule has 1 aromatic carbocycles. The molecule has 0 aromatic heterocycles. The van der Waals surface area contributed by atoms with Gasteiger partial charge >= 0.3 is 0 Å². The molecule has 3 nitrogen and oxygen atoms in total. The molecule has 86 valence electrons. The Morgan fingerprint density at radius 3 is 2.75 bits per heavy atom. The van der Waals surface area contributed by atoms with Gasteiger partial charge in [0.05, 0.1) is 11.0 Å². The number of aliphatic hydroxyl groups is 1. The summed E-state index contributed by atoms with van der Waals surface area (Å²) in [6.07, 6.45) is -0.570. The van der Waals surface area contributed by atoms with Crippen molar-refractivity contribution >= 4 is 15.4 Å². The lowest BCUT2D eigenvalue weighted by Gasteiger charge is -2.07. The van der Waals surface area contributed by atoms with Crippen molar-refractivity contribution in [3.63, 3.8) is 0 Å². The van der Waals surface area contributed by atoms with E-state index in [1.54, 1.807) is 0 Å². The molecule has 0 aliphatic carbocycles. The van der Waals surface area contributed by atoms with E-state index < -0.39 is 21.8 Å². The summed E-state index contributed by atoms with van der Waals surface area (Å²) in [7, 11) is -3.54. The Hall–Kier alpha value is -1.20. The number of aliphatic hydroxyl groups excluding tert-OH is 1. The van der Waals surface area contributed by atoms with Gasteiger partial charge in [0.15, 0.2) is 0 Å². The third-order valence-corrected chi connectivity index (χ3v) is 3.96. The van der Waals surface area contributed by atoms with Crippen LogP contribution in [0.3, 0.4) is 0 Å². The first-order chi connectivity index (χ1) is 7.42. The van der Waals surface area contributed by atoms with Gasteiger partial charge in [0.1, 0.15) is 5.82 Å². The van der Waals surface area contributed by atoms with Crippen LogP contribution in [0.15, 0.2) is 28.5 Å². The van der Waals surface area contributed by atoms with Crippen LogP contribution >= 0.6 is 0 Å². The van der Waals surface area contributed by atoms with Crippen LogP contribution < -0.4 is 0 Å². The summed E-state index contributed by atoms with van der Waals surface area (Å²) in [6.45, 7) is 1.53. The van der Waals surface area contributed by atoms with Gasteiger partial charge in [-0.2, -0.15) is 0 Å². The first-order valence-electron chi connectivity index (χ1n) is 4.84. The Morgan fingerprint density at radius 1 is 1.44 bits per heavy atom. The average Bonchev–Trinajstić information content (AvgIpc) is 2.38. The van der Waals surface area contributed by atoms with Gasteiger partial charge in [-0.25, -0.2) is 12.8 Å². The highest BCUT2D eigenvalue weighted by Gasteiger charge is 2.29. The largest absolute Gasteiger partial charge is 0.393 e. The molecule has 1 aromatic rings. The lowest BCUT2D eigenvalue weighted by atomic mass is 10.0. The van der Waals surface area contributed by atoms with Crippen LogP contribution in [0.1, 0.15) is 18.9 Å². The van der Waals surface area contributed by atoms with E-state index in [0.717, 1.165) is 5.41 Å². The van der Waals surface area contributed by atoms with Crippen LogP contribution in [-0.4, -0.2) is 19.6 Å². The molecular formula is C11H11FO3S. The monoisotopic (exact) mass is 242 g/mol. The van der Waals surface area contributed by atoms with Crippen LogP contribution in [0.4, 0.5) is 4.39 Å². The van der Waals surface area contributed by atoms with E-state index in [0.29, 0.717) is 5.57 Å². The predicted molar refractivity (Wildman–Crippen MR) is 57.9 cm³/mol. The fourth-order valence-electron chi connectivity index (χ4n) is 1.83. The second kappa shape index (κ2) is 3.68. The Labute approximate surface area is 93.1 Å². The molecule has 0 spiro atoms. The zero-order valence-corrected chi connectivity index (χ0v) is 9.46. The van der Waals surface area contributed by atoms with Crippen LogP contribution in [0.5, 0.6) is 0 Å². The third kappa shape index (κ3) is 1.76. The smallest absolute Gasteiger partial charge is 0.200 e. The Kier molecular flexibility index (Phi) is 2.59. The van der Waals surface area contributed by atoms with Crippen molar-refractivity contribution < 1.29 is 17.9 Å². The Balaban J connectivity index is 2.62. The lowest BCUT2D eigenvalue weighted by Crippen LogP contribution is -2.01. The molecule has 0 fully saturated rings. The number of fused-ring (bicyclic) bond motifs is 1. The van der Waals surface area contributed by atoms with Gasteiger partial charge in [0.2, 0.25) is 9.84 Å². The SMILES string of the molecule is CC(O)CC1=CS(=O)(=O)c2cccc(F)c21. The molecule has 1 atom stereocenters. The molecule has 0 amide bonds. The van der Waals surface area contributed by atoms with E-state index >= 15 is 0 Å². The van der Waals surface area contributed by atoms with Gasteiger partial charge in [0.25, 0.3) is 0 Å². The van der Waals surface area contributed by atoms with E-state index in [9.17, 15) is 17.9 Å². The quantitative estimate of drug-likeness (QED) is 0.859. The summed E-state index contributed by atoms with van der Waals surface area (Å²) in [5.41, 5.74) is 0.437. The van der Waals surface area contributed by atoms with Crippen molar-refractivity contribution in [1.82, 2.24) is 0 Å². The molecule has 1 unspecified atom stereocenters. The van der Waals surface area contributed by atoms with E-state index in [1.165, 1.54) is 25.1 Å².